The van der Waals surface area contributed by atoms with E-state index in [1.54, 1.807) is 18.2 Å². The van der Waals surface area contributed by atoms with E-state index in [1.165, 1.54) is 13.2 Å². The molecule has 0 bridgehead atoms. The molecule has 0 spiro atoms. The standard InChI is InChI=1S/C17H21N3O4/c1-12-10-19(8-7-18-12)11-14-4-6-17(24-14)15-5-3-13(23-2)9-16(15)20(21)22/h3-6,9,12,18H,7-8,10-11H2,1-2H3/t12-/m1/s1. The van der Waals surface area contributed by atoms with Crippen LogP contribution in [0.4, 0.5) is 5.69 Å². The third-order valence-corrected chi connectivity index (χ3v) is 4.16. The molecule has 2 heterocycles. The Bertz CT molecular complexity index is 728. The molecule has 0 unspecified atom stereocenters. The van der Waals surface area contributed by atoms with Crippen LogP contribution in [0.3, 0.4) is 0 Å². The molecule has 128 valence electrons. The largest absolute Gasteiger partial charge is 0.497 e. The Morgan fingerprint density at radius 3 is 2.96 bits per heavy atom. The number of ether oxygens (including phenoxy) is 1. The first kappa shape index (κ1) is 16.5. The van der Waals surface area contributed by atoms with Gasteiger partial charge in [0, 0.05) is 25.7 Å². The fourth-order valence-corrected chi connectivity index (χ4v) is 2.98. The van der Waals surface area contributed by atoms with Crippen molar-refractivity contribution in [3.05, 3.63) is 46.2 Å². The molecule has 0 saturated carbocycles. The maximum Gasteiger partial charge on any atom is 0.284 e. The zero-order chi connectivity index (χ0) is 17.1. The van der Waals surface area contributed by atoms with Gasteiger partial charge in [0.05, 0.1) is 30.2 Å². The lowest BCUT2D eigenvalue weighted by molar-refractivity contribution is -0.384. The maximum atomic E-state index is 11.3. The van der Waals surface area contributed by atoms with Crippen molar-refractivity contribution in [2.75, 3.05) is 26.7 Å². The summed E-state index contributed by atoms with van der Waals surface area (Å²) in [6.07, 6.45) is 0. The van der Waals surface area contributed by atoms with Crippen molar-refractivity contribution < 1.29 is 14.1 Å². The van der Waals surface area contributed by atoms with E-state index in [4.69, 9.17) is 9.15 Å². The molecule has 1 atom stereocenters. The molecule has 1 saturated heterocycles. The molecule has 7 nitrogen and oxygen atoms in total. The van der Waals surface area contributed by atoms with E-state index < -0.39 is 4.92 Å². The number of methoxy groups -OCH3 is 1. The summed E-state index contributed by atoms with van der Waals surface area (Å²) in [5.41, 5.74) is 0.437. The fourth-order valence-electron chi connectivity index (χ4n) is 2.98. The minimum Gasteiger partial charge on any atom is -0.497 e. The van der Waals surface area contributed by atoms with Crippen molar-refractivity contribution in [3.8, 4) is 17.1 Å². The predicted octanol–water partition coefficient (Wildman–Crippen LogP) is 2.66. The van der Waals surface area contributed by atoms with Crippen LogP contribution in [0.1, 0.15) is 12.7 Å². The van der Waals surface area contributed by atoms with Gasteiger partial charge in [0.2, 0.25) is 0 Å². The normalized spacial score (nSPS) is 18.5. The minimum atomic E-state index is -0.419. The van der Waals surface area contributed by atoms with Gasteiger partial charge in [0.15, 0.2) is 0 Å². The summed E-state index contributed by atoms with van der Waals surface area (Å²) in [5, 5.41) is 14.7. The number of furan rings is 1. The first-order valence-corrected chi connectivity index (χ1v) is 7.94. The Balaban J connectivity index is 1.81. The summed E-state index contributed by atoms with van der Waals surface area (Å²) in [6.45, 7) is 5.73. The van der Waals surface area contributed by atoms with Crippen LogP contribution in [0, 0.1) is 10.1 Å². The van der Waals surface area contributed by atoms with Crippen LogP contribution in [0.5, 0.6) is 5.75 Å². The molecule has 1 aromatic carbocycles. The van der Waals surface area contributed by atoms with Gasteiger partial charge in [-0.05, 0) is 31.2 Å². The summed E-state index contributed by atoms with van der Waals surface area (Å²) in [7, 11) is 1.48. The number of nitro benzene ring substituents is 1. The predicted molar refractivity (Wildman–Crippen MR) is 90.1 cm³/mol. The van der Waals surface area contributed by atoms with Gasteiger partial charge in [-0.15, -0.1) is 0 Å². The summed E-state index contributed by atoms with van der Waals surface area (Å²) < 4.78 is 10.9. The van der Waals surface area contributed by atoms with Crippen LogP contribution in [-0.4, -0.2) is 42.6 Å². The number of benzene rings is 1. The highest BCUT2D eigenvalue weighted by Gasteiger charge is 2.21. The Kier molecular flexibility index (Phi) is 4.82. The second kappa shape index (κ2) is 7.02. The van der Waals surface area contributed by atoms with Crippen LogP contribution in [0.2, 0.25) is 0 Å². The van der Waals surface area contributed by atoms with Gasteiger partial charge in [-0.3, -0.25) is 15.0 Å². The zero-order valence-electron chi connectivity index (χ0n) is 13.8. The molecule has 2 aromatic rings. The molecule has 1 aliphatic rings. The lowest BCUT2D eigenvalue weighted by Crippen LogP contribution is -2.48. The van der Waals surface area contributed by atoms with Crippen molar-refractivity contribution in [1.29, 1.82) is 0 Å². The zero-order valence-corrected chi connectivity index (χ0v) is 13.8. The third kappa shape index (κ3) is 3.58. The highest BCUT2D eigenvalue weighted by molar-refractivity contribution is 5.71. The van der Waals surface area contributed by atoms with Gasteiger partial charge in [0.25, 0.3) is 5.69 Å². The molecule has 1 aliphatic heterocycles. The molecule has 0 radical (unpaired) electrons. The molecule has 1 N–H and O–H groups in total. The average Bonchev–Trinajstić information content (AvgIpc) is 3.02. The maximum absolute atomic E-state index is 11.3. The second-order valence-electron chi connectivity index (χ2n) is 6.00. The van der Waals surface area contributed by atoms with E-state index in [9.17, 15) is 10.1 Å². The SMILES string of the molecule is COc1ccc(-c2ccc(CN3CCN[C@H](C)C3)o2)c([N+](=O)[O-])c1. The average molecular weight is 331 g/mol. The summed E-state index contributed by atoms with van der Waals surface area (Å²) in [4.78, 5) is 13.2. The number of nitrogens with one attached hydrogen (secondary N) is 1. The van der Waals surface area contributed by atoms with Crippen molar-refractivity contribution in [2.45, 2.75) is 19.5 Å². The van der Waals surface area contributed by atoms with Crippen LogP contribution >= 0.6 is 0 Å². The molecule has 7 heteroatoms. The second-order valence-corrected chi connectivity index (χ2v) is 6.00. The van der Waals surface area contributed by atoms with Gasteiger partial charge in [-0.2, -0.15) is 0 Å². The summed E-state index contributed by atoms with van der Waals surface area (Å²) in [5.74, 6) is 1.76. The van der Waals surface area contributed by atoms with Crippen LogP contribution in [0.15, 0.2) is 34.7 Å². The highest BCUT2D eigenvalue weighted by Crippen LogP contribution is 2.34. The first-order chi connectivity index (χ1) is 11.6. The number of nitrogens with zero attached hydrogens (tertiary/aromatic N) is 2. The van der Waals surface area contributed by atoms with E-state index in [0.29, 0.717) is 29.7 Å². The fraction of sp³-hybridized carbons (Fsp3) is 0.412. The number of rotatable bonds is 5. The minimum absolute atomic E-state index is 0.0222. The Morgan fingerprint density at radius 2 is 2.25 bits per heavy atom. The van der Waals surface area contributed by atoms with Gasteiger partial charge < -0.3 is 14.5 Å². The molecule has 0 amide bonds. The van der Waals surface area contributed by atoms with E-state index in [-0.39, 0.29) is 5.69 Å². The number of nitro groups is 1. The van der Waals surface area contributed by atoms with Crippen molar-refractivity contribution in [1.82, 2.24) is 10.2 Å². The van der Waals surface area contributed by atoms with Crippen LogP contribution in [-0.2, 0) is 6.54 Å². The van der Waals surface area contributed by atoms with Crippen LogP contribution < -0.4 is 10.1 Å². The van der Waals surface area contributed by atoms with E-state index in [1.807, 2.05) is 6.07 Å². The topological polar surface area (TPSA) is 80.8 Å². The highest BCUT2D eigenvalue weighted by atomic mass is 16.6. The Labute approximate surface area is 140 Å². The number of hydrogen-bond acceptors (Lipinski definition) is 6. The molecular weight excluding hydrogens is 310 g/mol. The molecule has 3 rings (SSSR count). The van der Waals surface area contributed by atoms with Crippen LogP contribution in [0.25, 0.3) is 11.3 Å². The lowest BCUT2D eigenvalue weighted by atomic mass is 10.1. The summed E-state index contributed by atoms with van der Waals surface area (Å²) in [6, 6.07) is 8.90. The quantitative estimate of drug-likeness (QED) is 0.670. The molecule has 1 fully saturated rings. The van der Waals surface area contributed by atoms with E-state index in [2.05, 4.69) is 17.1 Å². The first-order valence-electron chi connectivity index (χ1n) is 7.94. The lowest BCUT2D eigenvalue weighted by Gasteiger charge is -2.31. The number of hydrogen-bond donors (Lipinski definition) is 1. The molecule has 0 aliphatic carbocycles. The monoisotopic (exact) mass is 331 g/mol. The Morgan fingerprint density at radius 1 is 1.42 bits per heavy atom. The van der Waals surface area contributed by atoms with Crippen molar-refractivity contribution >= 4 is 5.69 Å². The molecular formula is C17H21N3O4. The van der Waals surface area contributed by atoms with E-state index in [0.717, 1.165) is 25.4 Å². The Hall–Kier alpha value is -2.38. The van der Waals surface area contributed by atoms with Gasteiger partial charge in [-0.1, -0.05) is 0 Å². The van der Waals surface area contributed by atoms with Gasteiger partial charge >= 0.3 is 0 Å². The molecule has 24 heavy (non-hydrogen) atoms. The number of piperazine rings is 1. The third-order valence-electron chi connectivity index (χ3n) is 4.16. The van der Waals surface area contributed by atoms with Crippen molar-refractivity contribution in [2.24, 2.45) is 0 Å². The van der Waals surface area contributed by atoms with E-state index >= 15 is 0 Å². The van der Waals surface area contributed by atoms with Gasteiger partial charge in [-0.25, -0.2) is 0 Å². The summed E-state index contributed by atoms with van der Waals surface area (Å²) >= 11 is 0. The smallest absolute Gasteiger partial charge is 0.284 e. The van der Waals surface area contributed by atoms with Gasteiger partial charge in [0.1, 0.15) is 17.3 Å². The molecule has 1 aromatic heterocycles. The van der Waals surface area contributed by atoms with Crippen molar-refractivity contribution in [3.63, 3.8) is 0 Å².